The van der Waals surface area contributed by atoms with Crippen LogP contribution >= 0.6 is 11.8 Å². The first-order valence-corrected chi connectivity index (χ1v) is 13.9. The van der Waals surface area contributed by atoms with Crippen molar-refractivity contribution in [3.05, 3.63) is 87.5 Å². The van der Waals surface area contributed by atoms with Gasteiger partial charge in [-0.25, -0.2) is 4.57 Å². The lowest BCUT2D eigenvalue weighted by Crippen LogP contribution is -2.22. The molecule has 208 valence electrons. The molecule has 7 nitrogen and oxygen atoms in total. The Kier molecular flexibility index (Phi) is 7.34. The van der Waals surface area contributed by atoms with Crippen molar-refractivity contribution in [3.63, 3.8) is 0 Å². The molecular weight excluding hydrogens is 539 g/mol. The second kappa shape index (κ2) is 10.6. The van der Waals surface area contributed by atoms with E-state index in [-0.39, 0.29) is 28.4 Å². The average molecular weight is 568 g/mol. The third-order valence-corrected chi connectivity index (χ3v) is 8.20. The van der Waals surface area contributed by atoms with E-state index in [1.807, 2.05) is 30.3 Å². The van der Waals surface area contributed by atoms with Gasteiger partial charge in [0.2, 0.25) is 5.78 Å². The molecule has 0 fully saturated rings. The zero-order valence-corrected chi connectivity index (χ0v) is 23.3. The Bertz CT molecular complexity index is 1780. The summed E-state index contributed by atoms with van der Waals surface area (Å²) in [5, 5.41) is 9.48. The van der Waals surface area contributed by atoms with Crippen LogP contribution < -0.4 is 5.56 Å². The quantitative estimate of drug-likeness (QED) is 0.158. The number of alkyl halides is 3. The molecule has 0 amide bonds. The molecule has 0 aliphatic carbocycles. The van der Waals surface area contributed by atoms with Crippen molar-refractivity contribution < 1.29 is 18.0 Å². The predicted octanol–water partition coefficient (Wildman–Crippen LogP) is 6.50. The number of thioether (sulfide) groups is 1. The van der Waals surface area contributed by atoms with Crippen molar-refractivity contribution in [2.45, 2.75) is 57.9 Å². The summed E-state index contributed by atoms with van der Waals surface area (Å²) < 4.78 is 43.4. The van der Waals surface area contributed by atoms with Crippen molar-refractivity contribution in [1.29, 1.82) is 0 Å². The van der Waals surface area contributed by atoms with E-state index in [4.69, 9.17) is 0 Å². The van der Waals surface area contributed by atoms with Gasteiger partial charge in [0.05, 0.1) is 22.3 Å². The Labute approximate surface area is 232 Å². The maximum absolute atomic E-state index is 13.6. The van der Waals surface area contributed by atoms with Crippen molar-refractivity contribution in [1.82, 2.24) is 23.7 Å². The minimum atomic E-state index is -4.39. The molecule has 1 atom stereocenters. The summed E-state index contributed by atoms with van der Waals surface area (Å²) in [6, 6.07) is 16.4. The molecule has 0 saturated heterocycles. The number of ketones is 1. The summed E-state index contributed by atoms with van der Waals surface area (Å²) in [6.45, 7) is 6.18. The summed E-state index contributed by atoms with van der Waals surface area (Å²) in [6.07, 6.45) is -3.40. The van der Waals surface area contributed by atoms with Gasteiger partial charge in [-0.1, -0.05) is 49.9 Å². The first-order valence-electron chi connectivity index (χ1n) is 12.9. The predicted molar refractivity (Wildman–Crippen MR) is 150 cm³/mol. The highest BCUT2D eigenvalue weighted by atomic mass is 32.2. The number of fused-ring (bicyclic) bond motifs is 3. The first kappa shape index (κ1) is 27.7. The van der Waals surface area contributed by atoms with Gasteiger partial charge in [0, 0.05) is 17.0 Å². The topological polar surface area (TPSA) is 74.2 Å². The smallest absolute Gasteiger partial charge is 0.339 e. The summed E-state index contributed by atoms with van der Waals surface area (Å²) >= 11 is 1.12. The Hall–Kier alpha value is -3.86. The number of hydrogen-bond acceptors (Lipinski definition) is 5. The highest BCUT2D eigenvalue weighted by molar-refractivity contribution is 7.99. The van der Waals surface area contributed by atoms with Gasteiger partial charge in [-0.2, -0.15) is 13.2 Å². The lowest BCUT2D eigenvalue weighted by Gasteiger charge is -2.13. The molecular formula is C29H28F3N5O2S. The maximum atomic E-state index is 13.6. The molecule has 0 N–H and O–H groups in total. The minimum Gasteiger partial charge on any atom is -0.339 e. The number of aryl methyl sites for hydroxylation is 1. The van der Waals surface area contributed by atoms with E-state index in [0.29, 0.717) is 39.1 Å². The summed E-state index contributed by atoms with van der Waals surface area (Å²) in [5.41, 5.74) is 3.05. The normalized spacial score (nSPS) is 12.9. The van der Waals surface area contributed by atoms with Gasteiger partial charge >= 0.3 is 6.18 Å². The maximum Gasteiger partial charge on any atom is 0.406 e. The van der Waals surface area contributed by atoms with Gasteiger partial charge in [-0.15, -0.1) is 10.2 Å². The van der Waals surface area contributed by atoms with Crippen LogP contribution in [0.15, 0.2) is 64.5 Å². The average Bonchev–Trinajstić information content (AvgIpc) is 3.47. The standard InChI is InChI=1S/C29H28F3N5O2S/c1-5-17(2)20-10-12-21(13-11-20)36-26(39)22-8-6-7-9-24(22)37-27(36)33-34-28(37)40-15-25(38)23-14-18(3)35(19(23)4)16-29(30,31)32/h6-14,17H,5,15-16H2,1-4H3. The number of aromatic nitrogens is 5. The third-order valence-electron chi connectivity index (χ3n) is 7.27. The summed E-state index contributed by atoms with van der Waals surface area (Å²) in [7, 11) is 0. The first-order chi connectivity index (χ1) is 19.0. The molecule has 0 radical (unpaired) electrons. The van der Waals surface area contributed by atoms with Crippen molar-refractivity contribution in [3.8, 4) is 5.69 Å². The molecule has 0 aliphatic rings. The molecule has 0 bridgehead atoms. The van der Waals surface area contributed by atoms with Crippen LogP contribution in [0.5, 0.6) is 0 Å². The molecule has 5 rings (SSSR count). The molecule has 0 aliphatic heterocycles. The van der Waals surface area contributed by atoms with Crippen molar-refractivity contribution in [2.75, 3.05) is 5.75 Å². The molecule has 2 aromatic carbocycles. The summed E-state index contributed by atoms with van der Waals surface area (Å²) in [4.78, 5) is 26.7. The van der Waals surface area contributed by atoms with Crippen molar-refractivity contribution in [2.24, 2.45) is 0 Å². The van der Waals surface area contributed by atoms with Crippen LogP contribution in [0.25, 0.3) is 22.4 Å². The van der Waals surface area contributed by atoms with Gasteiger partial charge in [0.15, 0.2) is 10.9 Å². The van der Waals surface area contributed by atoms with Gasteiger partial charge in [0.25, 0.3) is 5.56 Å². The monoisotopic (exact) mass is 567 g/mol. The fourth-order valence-corrected chi connectivity index (χ4v) is 5.73. The van der Waals surface area contributed by atoms with E-state index in [2.05, 4.69) is 24.0 Å². The molecule has 3 heterocycles. The fourth-order valence-electron chi connectivity index (χ4n) is 4.91. The fraction of sp³-hybridized carbons (Fsp3) is 0.310. The minimum absolute atomic E-state index is 0.0613. The number of benzene rings is 2. The Balaban J connectivity index is 1.53. The van der Waals surface area contributed by atoms with Crippen LogP contribution in [0.2, 0.25) is 0 Å². The molecule has 0 spiro atoms. The van der Waals surface area contributed by atoms with E-state index in [1.165, 1.54) is 23.1 Å². The molecule has 11 heteroatoms. The number of carbonyl (C=O) groups is 1. The van der Waals surface area contributed by atoms with E-state index in [9.17, 15) is 22.8 Å². The van der Waals surface area contributed by atoms with E-state index < -0.39 is 12.7 Å². The lowest BCUT2D eigenvalue weighted by molar-refractivity contribution is -0.141. The second-order valence-corrected chi connectivity index (χ2v) is 10.8. The molecule has 40 heavy (non-hydrogen) atoms. The van der Waals surface area contributed by atoms with Crippen LogP contribution in [0.3, 0.4) is 0 Å². The number of para-hydroxylation sites is 1. The lowest BCUT2D eigenvalue weighted by atomic mass is 9.98. The van der Waals surface area contributed by atoms with Gasteiger partial charge in [-0.05, 0) is 62.1 Å². The summed E-state index contributed by atoms with van der Waals surface area (Å²) in [5.74, 6) is 0.308. The van der Waals surface area contributed by atoms with Crippen LogP contribution in [-0.4, -0.2) is 41.4 Å². The highest BCUT2D eigenvalue weighted by Gasteiger charge is 2.30. The van der Waals surface area contributed by atoms with Crippen LogP contribution in [0.4, 0.5) is 13.2 Å². The number of carbonyl (C=O) groups excluding carboxylic acids is 1. The highest BCUT2D eigenvalue weighted by Crippen LogP contribution is 2.27. The number of nitrogens with zero attached hydrogens (tertiary/aromatic N) is 5. The van der Waals surface area contributed by atoms with Gasteiger partial charge in [-0.3, -0.25) is 14.0 Å². The number of hydrogen-bond donors (Lipinski definition) is 0. The van der Waals surface area contributed by atoms with E-state index >= 15 is 0 Å². The number of halogens is 3. The second-order valence-electron chi connectivity index (χ2n) is 9.87. The molecule has 0 saturated carbocycles. The Morgan fingerprint density at radius 1 is 1.05 bits per heavy atom. The number of Topliss-reactive ketones (excluding diaryl/α,β-unsaturated/α-hetero) is 1. The SMILES string of the molecule is CCC(C)c1ccc(-n2c(=O)c3ccccc3n3c(SCC(=O)c4cc(C)n(CC(F)(F)F)c4C)nnc23)cc1. The third kappa shape index (κ3) is 5.05. The van der Waals surface area contributed by atoms with Gasteiger partial charge < -0.3 is 4.57 Å². The van der Waals surface area contributed by atoms with Crippen LogP contribution in [-0.2, 0) is 6.54 Å². The Morgan fingerprint density at radius 3 is 2.42 bits per heavy atom. The zero-order valence-electron chi connectivity index (χ0n) is 22.5. The van der Waals surface area contributed by atoms with Crippen molar-refractivity contribution >= 4 is 34.2 Å². The largest absolute Gasteiger partial charge is 0.406 e. The van der Waals surface area contributed by atoms with Gasteiger partial charge in [0.1, 0.15) is 6.54 Å². The van der Waals surface area contributed by atoms with Crippen LogP contribution in [0.1, 0.15) is 53.5 Å². The molecule has 5 aromatic rings. The van der Waals surface area contributed by atoms with E-state index in [0.717, 1.165) is 22.7 Å². The zero-order chi connectivity index (χ0) is 28.8. The molecule has 3 aromatic heterocycles. The number of rotatable bonds is 8. The molecule has 1 unspecified atom stereocenters. The van der Waals surface area contributed by atoms with E-state index in [1.54, 1.807) is 29.5 Å². The van der Waals surface area contributed by atoms with Crippen LogP contribution in [0, 0.1) is 13.8 Å². The Morgan fingerprint density at radius 2 is 1.75 bits per heavy atom.